The van der Waals surface area contributed by atoms with Crippen molar-refractivity contribution in [1.82, 2.24) is 0 Å². The summed E-state index contributed by atoms with van der Waals surface area (Å²) in [5.41, 5.74) is 4.50. The number of nitrogens with one attached hydrogen (secondary N) is 1. The molecule has 0 radical (unpaired) electrons. The second-order valence-electron chi connectivity index (χ2n) is 7.70. The van der Waals surface area contributed by atoms with Gasteiger partial charge in [0.05, 0.1) is 10.6 Å². The number of ether oxygens (including phenoxy) is 1. The molecule has 0 aliphatic carbocycles. The van der Waals surface area contributed by atoms with Crippen LogP contribution in [-0.4, -0.2) is 22.7 Å². The first-order valence-corrected chi connectivity index (χ1v) is 12.5. The maximum atomic E-state index is 13.1. The largest absolute Gasteiger partial charge is 0.484 e. The van der Waals surface area contributed by atoms with E-state index in [1.807, 2.05) is 56.3 Å². The Morgan fingerprint density at radius 2 is 1.85 bits per heavy atom. The zero-order chi connectivity index (χ0) is 24.2. The summed E-state index contributed by atoms with van der Waals surface area (Å²) in [7, 11) is 0. The summed E-state index contributed by atoms with van der Waals surface area (Å²) in [5.74, 6) is 0.116. The van der Waals surface area contributed by atoms with Gasteiger partial charge in [0.15, 0.2) is 10.9 Å². The van der Waals surface area contributed by atoms with Crippen LogP contribution in [0.4, 0.5) is 11.4 Å². The molecule has 0 aromatic heterocycles. The van der Waals surface area contributed by atoms with E-state index in [0.29, 0.717) is 20.7 Å². The maximum Gasteiger partial charge on any atom is 0.270 e. The quantitative estimate of drug-likeness (QED) is 0.280. The van der Waals surface area contributed by atoms with E-state index in [2.05, 4.69) is 21.2 Å². The molecular formula is C26H21BrN2O3S2. The van der Waals surface area contributed by atoms with Gasteiger partial charge in [-0.3, -0.25) is 14.5 Å². The molecule has 5 nitrogen and oxygen atoms in total. The summed E-state index contributed by atoms with van der Waals surface area (Å²) in [5, 5.41) is 2.79. The van der Waals surface area contributed by atoms with Gasteiger partial charge in [0, 0.05) is 10.2 Å². The van der Waals surface area contributed by atoms with E-state index < -0.39 is 0 Å². The monoisotopic (exact) mass is 552 g/mol. The van der Waals surface area contributed by atoms with Crippen LogP contribution in [0.5, 0.6) is 5.75 Å². The zero-order valence-corrected chi connectivity index (χ0v) is 21.7. The molecule has 2 amide bonds. The molecule has 1 N–H and O–H groups in total. The number of nitrogens with zero attached hydrogens (tertiary/aromatic N) is 1. The number of halogens is 1. The number of benzene rings is 3. The van der Waals surface area contributed by atoms with Gasteiger partial charge in [0.1, 0.15) is 5.75 Å². The van der Waals surface area contributed by atoms with Crippen molar-refractivity contribution in [2.75, 3.05) is 16.8 Å². The fourth-order valence-corrected chi connectivity index (χ4v) is 4.84. The molecule has 8 heteroatoms. The third-order valence-electron chi connectivity index (χ3n) is 5.20. The molecule has 1 saturated heterocycles. The van der Waals surface area contributed by atoms with Gasteiger partial charge < -0.3 is 10.1 Å². The predicted octanol–water partition coefficient (Wildman–Crippen LogP) is 6.49. The number of hydrogen-bond donors (Lipinski definition) is 1. The zero-order valence-electron chi connectivity index (χ0n) is 18.5. The Labute approximate surface area is 216 Å². The number of carbonyl (C=O) groups excluding carboxylic acids is 2. The van der Waals surface area contributed by atoms with Gasteiger partial charge in [-0.15, -0.1) is 0 Å². The minimum atomic E-state index is -0.262. The lowest BCUT2D eigenvalue weighted by Crippen LogP contribution is -2.27. The number of aryl methyl sites for hydroxylation is 2. The SMILES string of the molecule is Cc1ccc(N2C(=O)/C(=C/c3cccc(OCC(=O)Nc4ccc(Br)cc4)c3)SC2=S)cc1C. The summed E-state index contributed by atoms with van der Waals surface area (Å²) < 4.78 is 7.08. The average Bonchev–Trinajstić information content (AvgIpc) is 3.09. The first-order chi connectivity index (χ1) is 16.3. The van der Waals surface area contributed by atoms with E-state index in [9.17, 15) is 9.59 Å². The van der Waals surface area contributed by atoms with Crippen LogP contribution in [0.15, 0.2) is 76.1 Å². The van der Waals surface area contributed by atoms with Crippen LogP contribution >= 0.6 is 39.9 Å². The summed E-state index contributed by atoms with van der Waals surface area (Å²) in [6.45, 7) is 3.91. The van der Waals surface area contributed by atoms with Crippen LogP contribution in [0.1, 0.15) is 16.7 Å². The van der Waals surface area contributed by atoms with E-state index in [0.717, 1.165) is 26.9 Å². The molecule has 0 unspecified atom stereocenters. The standard InChI is InChI=1S/C26H21BrN2O3S2/c1-16-6-11-21(12-17(16)2)29-25(31)23(34-26(29)33)14-18-4-3-5-22(13-18)32-15-24(30)28-20-9-7-19(27)8-10-20/h3-14H,15H2,1-2H3,(H,28,30)/b23-14-. The lowest BCUT2D eigenvalue weighted by Gasteiger charge is -2.15. The van der Waals surface area contributed by atoms with Gasteiger partial charge in [-0.25, -0.2) is 0 Å². The molecule has 0 atom stereocenters. The number of anilines is 2. The highest BCUT2D eigenvalue weighted by Crippen LogP contribution is 2.36. The number of carbonyl (C=O) groups is 2. The number of thioether (sulfide) groups is 1. The summed E-state index contributed by atoms with van der Waals surface area (Å²) >= 11 is 10.1. The van der Waals surface area contributed by atoms with Crippen molar-refractivity contribution in [1.29, 1.82) is 0 Å². The number of rotatable bonds is 6. The third-order valence-corrected chi connectivity index (χ3v) is 7.03. The Morgan fingerprint density at radius 1 is 1.09 bits per heavy atom. The number of thiocarbonyl (C=S) groups is 1. The van der Waals surface area contributed by atoms with Crippen molar-refractivity contribution in [3.8, 4) is 5.75 Å². The predicted molar refractivity (Wildman–Crippen MR) is 146 cm³/mol. The smallest absolute Gasteiger partial charge is 0.270 e. The minimum Gasteiger partial charge on any atom is -0.484 e. The molecule has 3 aromatic carbocycles. The minimum absolute atomic E-state index is 0.131. The van der Waals surface area contributed by atoms with Crippen LogP contribution in [-0.2, 0) is 9.59 Å². The fourth-order valence-electron chi connectivity index (χ4n) is 3.28. The molecule has 1 aliphatic rings. The Balaban J connectivity index is 1.43. The average molecular weight is 554 g/mol. The van der Waals surface area contributed by atoms with Crippen LogP contribution in [0.3, 0.4) is 0 Å². The highest BCUT2D eigenvalue weighted by Gasteiger charge is 2.33. The molecule has 3 aromatic rings. The highest BCUT2D eigenvalue weighted by atomic mass is 79.9. The topological polar surface area (TPSA) is 58.6 Å². The number of amides is 2. The Kier molecular flexibility index (Phi) is 7.50. The molecule has 1 heterocycles. The summed E-state index contributed by atoms with van der Waals surface area (Å²) in [6, 6.07) is 20.4. The lowest BCUT2D eigenvalue weighted by molar-refractivity contribution is -0.118. The highest BCUT2D eigenvalue weighted by molar-refractivity contribution is 9.10. The van der Waals surface area contributed by atoms with Crippen molar-refractivity contribution in [3.63, 3.8) is 0 Å². The first kappa shape index (κ1) is 24.2. The van der Waals surface area contributed by atoms with Gasteiger partial charge in [-0.05, 0) is 85.1 Å². The van der Waals surface area contributed by atoms with E-state index in [1.54, 1.807) is 35.2 Å². The number of hydrogen-bond acceptors (Lipinski definition) is 5. The van der Waals surface area contributed by atoms with Gasteiger partial charge in [-0.1, -0.05) is 58.1 Å². The molecule has 4 rings (SSSR count). The third kappa shape index (κ3) is 5.75. The molecule has 172 valence electrons. The fraction of sp³-hybridized carbons (Fsp3) is 0.115. The van der Waals surface area contributed by atoms with Crippen LogP contribution in [0.2, 0.25) is 0 Å². The van der Waals surface area contributed by atoms with Gasteiger partial charge in [0.2, 0.25) is 0 Å². The van der Waals surface area contributed by atoms with Crippen molar-refractivity contribution in [2.45, 2.75) is 13.8 Å². The molecule has 1 fully saturated rings. The Bertz CT molecular complexity index is 1310. The van der Waals surface area contributed by atoms with E-state index >= 15 is 0 Å². The second kappa shape index (κ2) is 10.5. The molecule has 34 heavy (non-hydrogen) atoms. The molecule has 0 saturated carbocycles. The van der Waals surface area contributed by atoms with Crippen LogP contribution in [0, 0.1) is 13.8 Å². The van der Waals surface area contributed by atoms with Crippen molar-refractivity contribution >= 4 is 73.5 Å². The van der Waals surface area contributed by atoms with E-state index in [-0.39, 0.29) is 18.4 Å². The Hall–Kier alpha value is -2.94. The summed E-state index contributed by atoms with van der Waals surface area (Å²) in [6.07, 6.45) is 1.79. The molecular weight excluding hydrogens is 532 g/mol. The van der Waals surface area contributed by atoms with E-state index in [4.69, 9.17) is 17.0 Å². The van der Waals surface area contributed by atoms with Crippen LogP contribution < -0.4 is 15.0 Å². The first-order valence-electron chi connectivity index (χ1n) is 10.4. The summed E-state index contributed by atoms with van der Waals surface area (Å²) in [4.78, 5) is 27.4. The van der Waals surface area contributed by atoms with Gasteiger partial charge >= 0.3 is 0 Å². The van der Waals surface area contributed by atoms with Crippen LogP contribution in [0.25, 0.3) is 6.08 Å². The lowest BCUT2D eigenvalue weighted by atomic mass is 10.1. The van der Waals surface area contributed by atoms with Crippen molar-refractivity contribution in [3.05, 3.63) is 92.8 Å². The molecule has 0 bridgehead atoms. The van der Waals surface area contributed by atoms with Gasteiger partial charge in [-0.2, -0.15) is 0 Å². The Morgan fingerprint density at radius 3 is 2.59 bits per heavy atom. The molecule has 1 aliphatic heterocycles. The van der Waals surface area contributed by atoms with Crippen molar-refractivity contribution < 1.29 is 14.3 Å². The van der Waals surface area contributed by atoms with Gasteiger partial charge in [0.25, 0.3) is 11.8 Å². The normalized spacial score (nSPS) is 14.6. The second-order valence-corrected chi connectivity index (χ2v) is 10.3. The van der Waals surface area contributed by atoms with Crippen molar-refractivity contribution in [2.24, 2.45) is 0 Å². The van der Waals surface area contributed by atoms with E-state index in [1.165, 1.54) is 11.8 Å². The maximum absolute atomic E-state index is 13.1. The molecule has 0 spiro atoms.